The van der Waals surface area contributed by atoms with E-state index in [9.17, 15) is 9.59 Å². The Balaban J connectivity index is 1.68. The first-order valence-electron chi connectivity index (χ1n) is 10.3. The molecule has 0 spiro atoms. The van der Waals surface area contributed by atoms with E-state index in [1.54, 1.807) is 17.8 Å². The molecule has 0 fully saturated rings. The van der Waals surface area contributed by atoms with Crippen LogP contribution in [0.3, 0.4) is 0 Å². The summed E-state index contributed by atoms with van der Waals surface area (Å²) in [7, 11) is 0. The highest BCUT2D eigenvalue weighted by atomic mass is 32.2. The Labute approximate surface area is 187 Å². The predicted molar refractivity (Wildman–Crippen MR) is 123 cm³/mol. The molecule has 0 aliphatic rings. The largest absolute Gasteiger partial charge is 0.479 e. The number of aliphatic carboxylic acids is 1. The van der Waals surface area contributed by atoms with E-state index < -0.39 is 12.1 Å². The summed E-state index contributed by atoms with van der Waals surface area (Å²) in [5.74, 6) is 0.333. The number of ketones is 1. The highest BCUT2D eigenvalue weighted by molar-refractivity contribution is 7.99. The monoisotopic (exact) mass is 437 g/mol. The summed E-state index contributed by atoms with van der Waals surface area (Å²) in [4.78, 5) is 25.0. The lowest BCUT2D eigenvalue weighted by molar-refractivity contribution is -0.144. The second-order valence-electron chi connectivity index (χ2n) is 7.40. The molecule has 1 N–H and O–H groups in total. The van der Waals surface area contributed by atoms with Crippen molar-refractivity contribution in [2.45, 2.75) is 44.7 Å². The SMILES string of the molecule is CCc1cc(C(=O)c2ccc(C)cc2)n(CCSc2cccc(O[C@@H](C)C(=O)O)c2)c1. The summed E-state index contributed by atoms with van der Waals surface area (Å²) >= 11 is 1.64. The Morgan fingerprint density at radius 1 is 1.13 bits per heavy atom. The van der Waals surface area contributed by atoms with Crippen LogP contribution in [0, 0.1) is 6.92 Å². The fourth-order valence-electron chi connectivity index (χ4n) is 3.15. The van der Waals surface area contributed by atoms with Gasteiger partial charge in [-0.05, 0) is 50.1 Å². The Morgan fingerprint density at radius 3 is 2.55 bits per heavy atom. The molecule has 3 rings (SSSR count). The first-order chi connectivity index (χ1) is 14.9. The summed E-state index contributed by atoms with van der Waals surface area (Å²) in [6, 6.07) is 17.1. The van der Waals surface area contributed by atoms with Gasteiger partial charge in [-0.1, -0.05) is 42.8 Å². The van der Waals surface area contributed by atoms with Gasteiger partial charge in [-0.2, -0.15) is 0 Å². The number of carboxylic acid groups (broad SMARTS) is 1. The lowest BCUT2D eigenvalue weighted by atomic mass is 10.1. The van der Waals surface area contributed by atoms with Crippen LogP contribution >= 0.6 is 11.8 Å². The third kappa shape index (κ3) is 6.01. The minimum absolute atomic E-state index is 0.0303. The maximum Gasteiger partial charge on any atom is 0.344 e. The van der Waals surface area contributed by atoms with Crippen LogP contribution in [0.4, 0.5) is 0 Å². The molecular formula is C25H27NO4S. The molecule has 1 aromatic heterocycles. The Kier molecular flexibility index (Phi) is 7.58. The molecule has 0 saturated heterocycles. The highest BCUT2D eigenvalue weighted by Gasteiger charge is 2.16. The molecule has 162 valence electrons. The molecule has 0 aliphatic carbocycles. The van der Waals surface area contributed by atoms with Crippen LogP contribution < -0.4 is 4.74 Å². The minimum atomic E-state index is -0.997. The van der Waals surface area contributed by atoms with Gasteiger partial charge in [0.2, 0.25) is 5.78 Å². The molecule has 0 radical (unpaired) electrons. The molecular weight excluding hydrogens is 410 g/mol. The topological polar surface area (TPSA) is 68.5 Å². The standard InChI is InChI=1S/C25H27NO4S/c1-4-19-14-23(24(27)20-10-8-17(2)9-11-20)26(16-19)12-13-31-22-7-5-6-21(15-22)30-18(3)25(28)29/h5-11,14-16,18H,4,12-13H2,1-3H3,(H,28,29)/t18-/m0/s1. The Hall–Kier alpha value is -2.99. The van der Waals surface area contributed by atoms with E-state index in [2.05, 4.69) is 13.1 Å². The third-order valence-electron chi connectivity index (χ3n) is 4.97. The van der Waals surface area contributed by atoms with Gasteiger partial charge in [0, 0.05) is 29.0 Å². The van der Waals surface area contributed by atoms with Gasteiger partial charge in [0.15, 0.2) is 6.10 Å². The number of carboxylic acids is 1. The molecule has 3 aromatic rings. The number of aryl methyl sites for hydroxylation is 3. The van der Waals surface area contributed by atoms with Crippen molar-refractivity contribution in [3.05, 3.63) is 83.2 Å². The number of carbonyl (C=O) groups excluding carboxylic acids is 1. The molecule has 0 amide bonds. The van der Waals surface area contributed by atoms with Crippen molar-refractivity contribution in [1.29, 1.82) is 0 Å². The lowest BCUT2D eigenvalue weighted by Crippen LogP contribution is -2.22. The molecule has 31 heavy (non-hydrogen) atoms. The zero-order chi connectivity index (χ0) is 22.4. The van der Waals surface area contributed by atoms with Gasteiger partial charge in [-0.15, -0.1) is 11.8 Å². The maximum atomic E-state index is 13.1. The van der Waals surface area contributed by atoms with Gasteiger partial charge in [-0.3, -0.25) is 4.79 Å². The fraction of sp³-hybridized carbons (Fsp3) is 0.280. The van der Waals surface area contributed by atoms with E-state index in [0.717, 1.165) is 28.2 Å². The van der Waals surface area contributed by atoms with Crippen LogP contribution in [0.2, 0.25) is 0 Å². The average Bonchev–Trinajstić information content (AvgIpc) is 3.17. The lowest BCUT2D eigenvalue weighted by Gasteiger charge is -2.12. The minimum Gasteiger partial charge on any atom is -0.479 e. The number of thioether (sulfide) groups is 1. The molecule has 6 heteroatoms. The number of ether oxygens (including phenoxy) is 1. The summed E-state index contributed by atoms with van der Waals surface area (Å²) in [6.07, 6.45) is 2.02. The molecule has 0 unspecified atom stereocenters. The summed E-state index contributed by atoms with van der Waals surface area (Å²) in [5, 5.41) is 9.01. The van der Waals surface area contributed by atoms with E-state index >= 15 is 0 Å². The van der Waals surface area contributed by atoms with Crippen molar-refractivity contribution in [2.75, 3.05) is 5.75 Å². The van der Waals surface area contributed by atoms with Gasteiger partial charge in [-0.25, -0.2) is 4.79 Å². The quantitative estimate of drug-likeness (QED) is 0.347. The Bertz CT molecular complexity index is 1060. The zero-order valence-electron chi connectivity index (χ0n) is 18.0. The van der Waals surface area contributed by atoms with E-state index in [1.807, 2.05) is 60.0 Å². The van der Waals surface area contributed by atoms with Crippen molar-refractivity contribution in [3.63, 3.8) is 0 Å². The molecule has 0 saturated carbocycles. The van der Waals surface area contributed by atoms with Gasteiger partial charge in [0.05, 0.1) is 5.69 Å². The molecule has 1 heterocycles. The number of carbonyl (C=O) groups is 2. The van der Waals surface area contributed by atoms with Crippen LogP contribution in [0.1, 0.15) is 41.0 Å². The molecule has 0 bridgehead atoms. The van der Waals surface area contributed by atoms with Crippen molar-refractivity contribution >= 4 is 23.5 Å². The van der Waals surface area contributed by atoms with Crippen LogP contribution in [-0.2, 0) is 17.8 Å². The molecule has 1 atom stereocenters. The third-order valence-corrected chi connectivity index (χ3v) is 5.95. The van der Waals surface area contributed by atoms with Crippen LogP contribution in [0.5, 0.6) is 5.75 Å². The van der Waals surface area contributed by atoms with Crippen LogP contribution in [0.25, 0.3) is 0 Å². The van der Waals surface area contributed by atoms with Crippen LogP contribution in [-0.4, -0.2) is 33.3 Å². The fourth-order valence-corrected chi connectivity index (χ4v) is 4.04. The van der Waals surface area contributed by atoms with Crippen molar-refractivity contribution < 1.29 is 19.4 Å². The zero-order valence-corrected chi connectivity index (χ0v) is 18.8. The van der Waals surface area contributed by atoms with E-state index in [1.165, 1.54) is 6.92 Å². The van der Waals surface area contributed by atoms with Crippen molar-refractivity contribution in [2.24, 2.45) is 0 Å². The summed E-state index contributed by atoms with van der Waals surface area (Å²) in [6.45, 7) is 6.28. The number of hydrogen-bond donors (Lipinski definition) is 1. The van der Waals surface area contributed by atoms with Gasteiger partial charge in [0.25, 0.3) is 0 Å². The summed E-state index contributed by atoms with van der Waals surface area (Å²) < 4.78 is 7.47. The smallest absolute Gasteiger partial charge is 0.344 e. The van der Waals surface area contributed by atoms with Gasteiger partial charge >= 0.3 is 5.97 Å². The first kappa shape index (κ1) is 22.7. The number of hydrogen-bond acceptors (Lipinski definition) is 4. The Morgan fingerprint density at radius 2 is 1.87 bits per heavy atom. The summed E-state index contributed by atoms with van der Waals surface area (Å²) in [5.41, 5.74) is 3.66. The van der Waals surface area contributed by atoms with E-state index in [4.69, 9.17) is 9.84 Å². The second kappa shape index (κ2) is 10.4. The number of benzene rings is 2. The highest BCUT2D eigenvalue weighted by Crippen LogP contribution is 2.25. The second-order valence-corrected chi connectivity index (χ2v) is 8.57. The number of rotatable bonds is 10. The van der Waals surface area contributed by atoms with Crippen molar-refractivity contribution in [3.8, 4) is 5.75 Å². The average molecular weight is 438 g/mol. The van der Waals surface area contributed by atoms with Crippen LogP contribution in [0.15, 0.2) is 65.7 Å². The predicted octanol–water partition coefficient (Wildman–Crippen LogP) is 5.23. The molecule has 0 aliphatic heterocycles. The normalized spacial score (nSPS) is 11.8. The number of aromatic nitrogens is 1. The van der Waals surface area contributed by atoms with E-state index in [0.29, 0.717) is 23.6 Å². The molecule has 5 nitrogen and oxygen atoms in total. The van der Waals surface area contributed by atoms with Gasteiger partial charge in [0.1, 0.15) is 5.75 Å². The molecule has 2 aromatic carbocycles. The maximum absolute atomic E-state index is 13.1. The van der Waals surface area contributed by atoms with E-state index in [-0.39, 0.29) is 5.78 Å². The number of nitrogens with zero attached hydrogens (tertiary/aromatic N) is 1. The van der Waals surface area contributed by atoms with Crippen molar-refractivity contribution in [1.82, 2.24) is 4.57 Å². The first-order valence-corrected chi connectivity index (χ1v) is 11.3. The van der Waals surface area contributed by atoms with Gasteiger partial charge < -0.3 is 14.4 Å².